The summed E-state index contributed by atoms with van der Waals surface area (Å²) >= 11 is 0. The number of nitrogens with zero attached hydrogens (tertiary/aromatic N) is 4. The second-order valence-electron chi connectivity index (χ2n) is 9.63. The van der Waals surface area contributed by atoms with Crippen LogP contribution < -0.4 is 10.6 Å². The van der Waals surface area contributed by atoms with Crippen LogP contribution in [0.3, 0.4) is 0 Å². The number of carbonyl (C=O) groups excluding carboxylic acids is 2. The lowest BCUT2D eigenvalue weighted by atomic mass is 9.98. The van der Waals surface area contributed by atoms with Gasteiger partial charge in [-0.05, 0) is 52.8 Å². The topological polar surface area (TPSA) is 132 Å². The largest absolute Gasteiger partial charge is 0.361 e. The molecule has 2 aromatic heterocycles. The van der Waals surface area contributed by atoms with Gasteiger partial charge in [0.2, 0.25) is 11.8 Å². The molecule has 5 aromatic rings. The zero-order valence-corrected chi connectivity index (χ0v) is 21.8. The van der Waals surface area contributed by atoms with Crippen molar-refractivity contribution >= 4 is 22.7 Å². The first kappa shape index (κ1) is 25.8. The van der Waals surface area contributed by atoms with Crippen LogP contribution in [0.5, 0.6) is 0 Å². The van der Waals surface area contributed by atoms with Gasteiger partial charge in [0, 0.05) is 35.6 Å². The highest BCUT2D eigenvalue weighted by Crippen LogP contribution is 2.29. The molecule has 2 amide bonds. The fourth-order valence-electron chi connectivity index (χ4n) is 4.59. The van der Waals surface area contributed by atoms with E-state index in [4.69, 9.17) is 0 Å². The first-order valence-electron chi connectivity index (χ1n) is 12.7. The smallest absolute Gasteiger partial charge is 0.243 e. The predicted molar refractivity (Wildman–Crippen MR) is 149 cm³/mol. The van der Waals surface area contributed by atoms with Gasteiger partial charge < -0.3 is 20.5 Å². The first-order chi connectivity index (χ1) is 19.0. The van der Waals surface area contributed by atoms with Crippen LogP contribution in [0.1, 0.15) is 11.1 Å². The van der Waals surface area contributed by atoms with Crippen molar-refractivity contribution in [1.29, 1.82) is 0 Å². The fourth-order valence-corrected chi connectivity index (χ4v) is 4.59. The number of hydrogen-bond donors (Lipinski definition) is 4. The highest BCUT2D eigenvalue weighted by atomic mass is 16.2. The van der Waals surface area contributed by atoms with Crippen molar-refractivity contribution in [1.82, 2.24) is 41.1 Å². The third-order valence-electron chi connectivity index (χ3n) is 6.47. The maximum absolute atomic E-state index is 13.3. The number of amides is 2. The minimum atomic E-state index is -0.710. The number of aromatic amines is 2. The molecule has 4 N–H and O–H groups in total. The number of carbonyl (C=O) groups is 2. The molecule has 10 heteroatoms. The molecule has 198 valence electrons. The first-order valence-corrected chi connectivity index (χ1v) is 12.7. The molecule has 0 radical (unpaired) electrons. The Morgan fingerprint density at radius 1 is 0.949 bits per heavy atom. The maximum Gasteiger partial charge on any atom is 0.243 e. The van der Waals surface area contributed by atoms with E-state index in [0.29, 0.717) is 18.8 Å². The monoisotopic (exact) mass is 522 g/mol. The van der Waals surface area contributed by atoms with Gasteiger partial charge in [-0.15, -0.1) is 5.10 Å². The van der Waals surface area contributed by atoms with Crippen molar-refractivity contribution in [3.05, 3.63) is 90.1 Å². The van der Waals surface area contributed by atoms with Crippen molar-refractivity contribution in [2.75, 3.05) is 20.6 Å². The standard InChI is InChI=1S/C29H30N8O2/c1-37(2)18-27(38)32-26(15-21-17-30-25-10-6-5-8-23(21)25)29(39)31-16-19-11-13-20(14-12-19)22-7-3-4-9-24(22)28-33-35-36-34-28/h3-14,17,26,30H,15-16,18H2,1-2H3,(H,31,39)(H,32,38)(H,33,34,35,36). The molecule has 0 aliphatic heterocycles. The lowest BCUT2D eigenvalue weighted by Crippen LogP contribution is -2.49. The summed E-state index contributed by atoms with van der Waals surface area (Å²) in [6.07, 6.45) is 2.27. The Kier molecular flexibility index (Phi) is 7.74. The summed E-state index contributed by atoms with van der Waals surface area (Å²) in [6, 6.07) is 23.1. The van der Waals surface area contributed by atoms with Crippen LogP contribution in [0.15, 0.2) is 79.0 Å². The molecule has 0 spiro atoms. The normalized spacial score (nSPS) is 12.0. The number of hydrogen-bond acceptors (Lipinski definition) is 6. The van der Waals surface area contributed by atoms with Gasteiger partial charge in [-0.2, -0.15) is 0 Å². The average Bonchev–Trinajstić information content (AvgIpc) is 3.62. The molecule has 0 aliphatic carbocycles. The molecule has 0 fully saturated rings. The van der Waals surface area contributed by atoms with Gasteiger partial charge in [-0.1, -0.05) is 66.7 Å². The number of likely N-dealkylation sites (N-methyl/N-ethyl adjacent to an activating group) is 1. The Hall–Kier alpha value is -4.83. The van der Waals surface area contributed by atoms with Crippen molar-refractivity contribution in [3.8, 4) is 22.5 Å². The molecule has 1 atom stereocenters. The van der Waals surface area contributed by atoms with Crippen LogP contribution in [-0.2, 0) is 22.6 Å². The average molecular weight is 523 g/mol. The molecule has 10 nitrogen and oxygen atoms in total. The quantitative estimate of drug-likeness (QED) is 0.223. The van der Waals surface area contributed by atoms with E-state index in [-0.39, 0.29) is 18.4 Å². The van der Waals surface area contributed by atoms with E-state index in [9.17, 15) is 9.59 Å². The predicted octanol–water partition coefficient (Wildman–Crippen LogP) is 2.92. The Balaban J connectivity index is 1.28. The molecule has 39 heavy (non-hydrogen) atoms. The van der Waals surface area contributed by atoms with Crippen LogP contribution >= 0.6 is 0 Å². The zero-order chi connectivity index (χ0) is 27.2. The summed E-state index contributed by atoms with van der Waals surface area (Å²) in [5.74, 6) is 0.157. The zero-order valence-electron chi connectivity index (χ0n) is 21.8. The van der Waals surface area contributed by atoms with Crippen LogP contribution in [0.25, 0.3) is 33.4 Å². The summed E-state index contributed by atoms with van der Waals surface area (Å²) in [6.45, 7) is 0.533. The van der Waals surface area contributed by atoms with E-state index in [2.05, 4.69) is 36.2 Å². The van der Waals surface area contributed by atoms with Gasteiger partial charge in [-0.25, -0.2) is 5.10 Å². The number of fused-ring (bicyclic) bond motifs is 1. The van der Waals surface area contributed by atoms with Crippen LogP contribution in [-0.4, -0.2) is 69.0 Å². The van der Waals surface area contributed by atoms with E-state index in [1.807, 2.05) is 93.1 Å². The van der Waals surface area contributed by atoms with Gasteiger partial charge in [0.15, 0.2) is 5.82 Å². The second kappa shape index (κ2) is 11.7. The van der Waals surface area contributed by atoms with Gasteiger partial charge in [0.25, 0.3) is 0 Å². The third kappa shape index (κ3) is 6.19. The van der Waals surface area contributed by atoms with Gasteiger partial charge in [0.05, 0.1) is 6.54 Å². The minimum absolute atomic E-state index is 0.199. The van der Waals surface area contributed by atoms with E-state index in [1.165, 1.54) is 0 Å². The van der Waals surface area contributed by atoms with Crippen molar-refractivity contribution in [2.45, 2.75) is 19.0 Å². The van der Waals surface area contributed by atoms with E-state index in [0.717, 1.165) is 38.7 Å². The number of H-pyrrole nitrogens is 2. The molecule has 3 aromatic carbocycles. The van der Waals surface area contributed by atoms with E-state index >= 15 is 0 Å². The molecular weight excluding hydrogens is 492 g/mol. The number of benzene rings is 3. The Bertz CT molecular complexity index is 1560. The summed E-state index contributed by atoms with van der Waals surface area (Å²) in [4.78, 5) is 30.9. The summed E-state index contributed by atoms with van der Waals surface area (Å²) < 4.78 is 0. The summed E-state index contributed by atoms with van der Waals surface area (Å²) in [5.41, 5.74) is 5.81. The summed E-state index contributed by atoms with van der Waals surface area (Å²) in [5, 5.41) is 21.2. The molecule has 1 unspecified atom stereocenters. The van der Waals surface area contributed by atoms with Crippen molar-refractivity contribution in [3.63, 3.8) is 0 Å². The van der Waals surface area contributed by atoms with Gasteiger partial charge >= 0.3 is 0 Å². The Morgan fingerprint density at radius 2 is 1.69 bits per heavy atom. The highest BCUT2D eigenvalue weighted by molar-refractivity contribution is 5.90. The van der Waals surface area contributed by atoms with E-state index in [1.54, 1.807) is 4.90 Å². The Labute approximate surface area is 225 Å². The molecular formula is C29H30N8O2. The summed E-state index contributed by atoms with van der Waals surface area (Å²) in [7, 11) is 3.64. The molecule has 5 rings (SSSR count). The van der Waals surface area contributed by atoms with E-state index < -0.39 is 6.04 Å². The number of tetrazole rings is 1. The van der Waals surface area contributed by atoms with Gasteiger partial charge in [0.1, 0.15) is 6.04 Å². The van der Waals surface area contributed by atoms with Crippen molar-refractivity contribution < 1.29 is 9.59 Å². The number of aromatic nitrogens is 5. The molecule has 0 bridgehead atoms. The lowest BCUT2D eigenvalue weighted by molar-refractivity contribution is -0.129. The Morgan fingerprint density at radius 3 is 2.44 bits per heavy atom. The second-order valence-corrected chi connectivity index (χ2v) is 9.63. The molecule has 0 saturated carbocycles. The maximum atomic E-state index is 13.3. The third-order valence-corrected chi connectivity index (χ3v) is 6.47. The highest BCUT2D eigenvalue weighted by Gasteiger charge is 2.23. The van der Waals surface area contributed by atoms with Crippen LogP contribution in [0, 0.1) is 0 Å². The molecule has 2 heterocycles. The minimum Gasteiger partial charge on any atom is -0.361 e. The number of nitrogens with one attached hydrogen (secondary N) is 4. The SMILES string of the molecule is CN(C)CC(=O)NC(Cc1c[nH]c2ccccc12)C(=O)NCc1ccc(-c2ccccc2-c2nnn[nH]2)cc1. The van der Waals surface area contributed by atoms with Crippen LogP contribution in [0.2, 0.25) is 0 Å². The van der Waals surface area contributed by atoms with Crippen LogP contribution in [0.4, 0.5) is 0 Å². The lowest BCUT2D eigenvalue weighted by Gasteiger charge is -2.20. The number of rotatable bonds is 10. The molecule has 0 saturated heterocycles. The fraction of sp³-hybridized carbons (Fsp3) is 0.207. The molecule has 0 aliphatic rings. The number of para-hydroxylation sites is 1. The van der Waals surface area contributed by atoms with Crippen molar-refractivity contribution in [2.24, 2.45) is 0 Å². The van der Waals surface area contributed by atoms with Gasteiger partial charge in [-0.3, -0.25) is 9.59 Å².